The van der Waals surface area contributed by atoms with E-state index in [9.17, 15) is 0 Å². The van der Waals surface area contributed by atoms with Crippen LogP contribution in [0.3, 0.4) is 0 Å². The summed E-state index contributed by atoms with van der Waals surface area (Å²) in [7, 11) is 0. The van der Waals surface area contributed by atoms with Gasteiger partial charge in [-0.2, -0.15) is 0 Å². The van der Waals surface area contributed by atoms with E-state index in [0.29, 0.717) is 0 Å². The Bertz CT molecular complexity index is 540. The van der Waals surface area contributed by atoms with Crippen LogP contribution >= 0.6 is 43.2 Å². The molecule has 2 heterocycles. The van der Waals surface area contributed by atoms with Crippen LogP contribution in [0.15, 0.2) is 32.7 Å². The van der Waals surface area contributed by atoms with Crippen LogP contribution in [0.25, 0.3) is 0 Å². The second-order valence-electron chi connectivity index (χ2n) is 4.00. The molecule has 0 aliphatic carbocycles. The van der Waals surface area contributed by atoms with Crippen molar-refractivity contribution >= 4 is 43.2 Å². The van der Waals surface area contributed by atoms with E-state index < -0.39 is 0 Å². The van der Waals surface area contributed by atoms with Gasteiger partial charge in [0.2, 0.25) is 0 Å². The molecular weight excluding hydrogens is 376 g/mol. The van der Waals surface area contributed by atoms with E-state index in [0.717, 1.165) is 21.2 Å². The maximum atomic E-state index is 4.53. The van der Waals surface area contributed by atoms with Crippen molar-refractivity contribution in [2.24, 2.45) is 0 Å². The summed E-state index contributed by atoms with van der Waals surface area (Å²) in [6.45, 7) is 5.14. The molecule has 0 bridgehead atoms. The van der Waals surface area contributed by atoms with Crippen molar-refractivity contribution in [3.05, 3.63) is 48.8 Å². The Balaban J connectivity index is 2.41. The molecule has 0 fully saturated rings. The summed E-state index contributed by atoms with van der Waals surface area (Å²) >= 11 is 8.80. The van der Waals surface area contributed by atoms with E-state index in [1.165, 1.54) is 10.4 Å². The fraction of sp³-hybridized carbons (Fsp3) is 0.308. The van der Waals surface area contributed by atoms with E-state index in [-0.39, 0.29) is 6.04 Å². The second-order valence-corrected chi connectivity index (χ2v) is 6.89. The smallest absolute Gasteiger partial charge is 0.0771 e. The van der Waals surface area contributed by atoms with Gasteiger partial charge in [0, 0.05) is 20.0 Å². The number of hydrogen-bond donors (Lipinski definition) is 1. The van der Waals surface area contributed by atoms with Gasteiger partial charge in [0.05, 0.1) is 11.7 Å². The van der Waals surface area contributed by atoms with Gasteiger partial charge in [-0.25, -0.2) is 0 Å². The number of rotatable bonds is 4. The molecule has 0 aromatic carbocycles. The molecule has 1 atom stereocenters. The largest absolute Gasteiger partial charge is 0.305 e. The first-order chi connectivity index (χ1) is 8.61. The first-order valence-corrected chi connectivity index (χ1v) is 8.17. The third kappa shape index (κ3) is 3.20. The lowest BCUT2D eigenvalue weighted by Gasteiger charge is -2.17. The Morgan fingerprint density at radius 1 is 1.39 bits per heavy atom. The van der Waals surface area contributed by atoms with Crippen LogP contribution in [0, 0.1) is 6.92 Å². The molecule has 0 aliphatic heterocycles. The third-order valence-corrected chi connectivity index (χ3v) is 4.55. The topological polar surface area (TPSA) is 24.9 Å². The average Bonchev–Trinajstić information content (AvgIpc) is 2.73. The zero-order valence-electron chi connectivity index (χ0n) is 10.2. The summed E-state index contributed by atoms with van der Waals surface area (Å²) in [6.07, 6.45) is 1.84. The van der Waals surface area contributed by atoms with Gasteiger partial charge in [-0.1, -0.05) is 6.92 Å². The van der Waals surface area contributed by atoms with Gasteiger partial charge >= 0.3 is 0 Å². The van der Waals surface area contributed by atoms with Crippen molar-refractivity contribution < 1.29 is 0 Å². The fourth-order valence-electron chi connectivity index (χ4n) is 1.83. The van der Waals surface area contributed by atoms with Crippen LogP contribution in [-0.4, -0.2) is 11.5 Å². The van der Waals surface area contributed by atoms with Crippen molar-refractivity contribution in [2.75, 3.05) is 6.54 Å². The number of hydrogen-bond acceptors (Lipinski definition) is 3. The van der Waals surface area contributed by atoms with Crippen LogP contribution in [0.4, 0.5) is 0 Å². The number of pyridine rings is 1. The van der Waals surface area contributed by atoms with E-state index in [1.807, 2.05) is 12.3 Å². The van der Waals surface area contributed by atoms with E-state index >= 15 is 0 Å². The van der Waals surface area contributed by atoms with Crippen LogP contribution < -0.4 is 5.32 Å². The molecule has 0 spiro atoms. The van der Waals surface area contributed by atoms with Crippen molar-refractivity contribution in [1.29, 1.82) is 0 Å². The van der Waals surface area contributed by atoms with Gasteiger partial charge in [-0.15, -0.1) is 11.3 Å². The molecule has 1 N–H and O–H groups in total. The van der Waals surface area contributed by atoms with Crippen molar-refractivity contribution in [3.63, 3.8) is 0 Å². The number of aryl methyl sites for hydroxylation is 1. The normalized spacial score (nSPS) is 12.7. The first kappa shape index (κ1) is 14.2. The molecule has 0 saturated carbocycles. The highest BCUT2D eigenvalue weighted by atomic mass is 79.9. The van der Waals surface area contributed by atoms with Gasteiger partial charge in [0.15, 0.2) is 0 Å². The number of nitrogens with one attached hydrogen (secondary N) is 1. The van der Waals surface area contributed by atoms with E-state index in [1.54, 1.807) is 11.3 Å². The van der Waals surface area contributed by atoms with Gasteiger partial charge in [0.1, 0.15) is 0 Å². The number of thiophene rings is 1. The lowest BCUT2D eigenvalue weighted by atomic mass is 10.1. The maximum absolute atomic E-state index is 4.53. The summed E-state index contributed by atoms with van der Waals surface area (Å²) in [4.78, 5) is 5.85. The molecule has 96 valence electrons. The van der Waals surface area contributed by atoms with Crippen molar-refractivity contribution in [3.8, 4) is 0 Å². The predicted molar refractivity (Wildman–Crippen MR) is 84.2 cm³/mol. The second kappa shape index (κ2) is 6.28. The molecular formula is C13H14Br2N2S. The van der Waals surface area contributed by atoms with Gasteiger partial charge in [0.25, 0.3) is 0 Å². The van der Waals surface area contributed by atoms with Crippen LogP contribution in [0.2, 0.25) is 0 Å². The maximum Gasteiger partial charge on any atom is 0.0771 e. The Morgan fingerprint density at radius 2 is 2.17 bits per heavy atom. The minimum Gasteiger partial charge on any atom is -0.305 e. The summed E-state index contributed by atoms with van der Waals surface area (Å²) in [6, 6.07) is 4.39. The van der Waals surface area contributed by atoms with Gasteiger partial charge in [-0.05, 0) is 68.4 Å². The van der Waals surface area contributed by atoms with E-state index in [2.05, 4.69) is 67.5 Å². The molecule has 5 heteroatoms. The molecule has 0 amide bonds. The highest BCUT2D eigenvalue weighted by Gasteiger charge is 2.18. The molecule has 2 aromatic heterocycles. The molecule has 0 aliphatic rings. The highest BCUT2D eigenvalue weighted by Crippen LogP contribution is 2.30. The standard InChI is InChI=1S/C13H14Br2N2S/c1-3-16-12(9-4-8(2)18-7-9)13-11(15)5-10(14)6-17-13/h4-7,12,16H,3H2,1-2H3. The molecule has 2 aromatic rings. The SMILES string of the molecule is CCNC(c1csc(C)c1)c1ncc(Br)cc1Br. The number of halogens is 2. The van der Waals surface area contributed by atoms with Gasteiger partial charge in [-0.3, -0.25) is 4.98 Å². The third-order valence-electron chi connectivity index (χ3n) is 2.60. The Kier molecular flexibility index (Phi) is 4.95. The Hall–Kier alpha value is -0.230. The van der Waals surface area contributed by atoms with E-state index in [4.69, 9.17) is 0 Å². The van der Waals surface area contributed by atoms with Crippen molar-refractivity contribution in [2.45, 2.75) is 19.9 Å². The van der Waals surface area contributed by atoms with Crippen LogP contribution in [0.1, 0.15) is 29.1 Å². The number of nitrogens with zero attached hydrogens (tertiary/aromatic N) is 1. The minimum absolute atomic E-state index is 0.141. The molecule has 0 radical (unpaired) electrons. The monoisotopic (exact) mass is 388 g/mol. The highest BCUT2D eigenvalue weighted by molar-refractivity contribution is 9.11. The Labute approximate surface area is 128 Å². The molecule has 18 heavy (non-hydrogen) atoms. The molecule has 2 rings (SSSR count). The fourth-order valence-corrected chi connectivity index (χ4v) is 3.78. The molecule has 0 saturated heterocycles. The predicted octanol–water partition coefficient (Wildman–Crippen LogP) is 4.68. The van der Waals surface area contributed by atoms with Crippen molar-refractivity contribution in [1.82, 2.24) is 10.3 Å². The summed E-state index contributed by atoms with van der Waals surface area (Å²) < 4.78 is 2.00. The van der Waals surface area contributed by atoms with Crippen LogP contribution in [0.5, 0.6) is 0 Å². The molecule has 2 nitrogen and oxygen atoms in total. The Morgan fingerprint density at radius 3 is 2.72 bits per heavy atom. The van der Waals surface area contributed by atoms with Gasteiger partial charge < -0.3 is 5.32 Å². The first-order valence-electron chi connectivity index (χ1n) is 5.71. The molecule has 1 unspecified atom stereocenters. The summed E-state index contributed by atoms with van der Waals surface area (Å²) in [5.41, 5.74) is 2.30. The average molecular weight is 390 g/mol. The lowest BCUT2D eigenvalue weighted by molar-refractivity contribution is 0.614. The minimum atomic E-state index is 0.141. The van der Waals surface area contributed by atoms with Crippen LogP contribution in [-0.2, 0) is 0 Å². The zero-order chi connectivity index (χ0) is 13.1. The quantitative estimate of drug-likeness (QED) is 0.821. The summed E-state index contributed by atoms with van der Waals surface area (Å²) in [5, 5.41) is 5.68. The lowest BCUT2D eigenvalue weighted by Crippen LogP contribution is -2.22. The number of aromatic nitrogens is 1. The zero-order valence-corrected chi connectivity index (χ0v) is 14.2. The summed E-state index contributed by atoms with van der Waals surface area (Å²) in [5.74, 6) is 0.